The van der Waals surface area contributed by atoms with E-state index in [0.717, 1.165) is 12.8 Å². The highest BCUT2D eigenvalue weighted by Crippen LogP contribution is 2.71. The van der Waals surface area contributed by atoms with E-state index in [0.29, 0.717) is 0 Å². The van der Waals surface area contributed by atoms with Gasteiger partial charge in [-0.25, -0.2) is 4.39 Å². The first-order chi connectivity index (χ1) is 10.5. The molecule has 0 heterocycles. The van der Waals surface area contributed by atoms with Gasteiger partial charge >= 0.3 is 0 Å². The van der Waals surface area contributed by atoms with Crippen LogP contribution in [0.25, 0.3) is 0 Å². The number of rotatable bonds is 3. The number of amides is 1. The highest BCUT2D eigenvalue weighted by molar-refractivity contribution is 5.96. The van der Waals surface area contributed by atoms with Gasteiger partial charge in [0, 0.05) is 11.9 Å². The highest BCUT2D eigenvalue weighted by atomic mass is 19.1. The Bertz CT molecular complexity index is 695. The number of aliphatic carboxylic acids is 1. The summed E-state index contributed by atoms with van der Waals surface area (Å²) in [6.07, 6.45) is 5.78. The Morgan fingerprint density at radius 3 is 2.36 bits per heavy atom. The molecular formula is C17H15FNO3-. The van der Waals surface area contributed by atoms with Gasteiger partial charge in [-0.05, 0) is 42.2 Å². The number of anilines is 1. The molecule has 1 aromatic carbocycles. The third-order valence-electron chi connectivity index (χ3n) is 5.55. The van der Waals surface area contributed by atoms with Gasteiger partial charge in [-0.15, -0.1) is 0 Å². The molecule has 0 aliphatic heterocycles. The number of allylic oxidation sites excluding steroid dienone is 2. The predicted molar refractivity (Wildman–Crippen MR) is 74.8 cm³/mol. The van der Waals surface area contributed by atoms with Crippen molar-refractivity contribution in [2.75, 3.05) is 5.32 Å². The molecule has 0 saturated heterocycles. The molecule has 4 rings (SSSR count). The van der Waals surface area contributed by atoms with Crippen molar-refractivity contribution < 1.29 is 19.1 Å². The van der Waals surface area contributed by atoms with E-state index < -0.39 is 29.5 Å². The van der Waals surface area contributed by atoms with Gasteiger partial charge in [0.05, 0.1) is 11.6 Å². The Kier molecular flexibility index (Phi) is 2.71. The monoisotopic (exact) mass is 300 g/mol. The van der Waals surface area contributed by atoms with Crippen molar-refractivity contribution in [1.29, 1.82) is 0 Å². The molecule has 4 atom stereocenters. The first kappa shape index (κ1) is 13.5. The summed E-state index contributed by atoms with van der Waals surface area (Å²) in [5.74, 6) is -3.84. The van der Waals surface area contributed by atoms with Gasteiger partial charge in [0.1, 0.15) is 5.82 Å². The van der Waals surface area contributed by atoms with E-state index in [1.54, 1.807) is 6.07 Å². The van der Waals surface area contributed by atoms with Gasteiger partial charge in [0.2, 0.25) is 5.91 Å². The average molecular weight is 300 g/mol. The van der Waals surface area contributed by atoms with Crippen molar-refractivity contribution in [2.45, 2.75) is 12.8 Å². The summed E-state index contributed by atoms with van der Waals surface area (Å²) in [6.45, 7) is 0. The lowest BCUT2D eigenvalue weighted by Crippen LogP contribution is -2.43. The Labute approximate surface area is 127 Å². The number of para-hydroxylation sites is 1. The molecule has 2 saturated carbocycles. The molecule has 0 unspecified atom stereocenters. The zero-order valence-electron chi connectivity index (χ0n) is 11.8. The molecule has 1 spiro atoms. The van der Waals surface area contributed by atoms with Crippen molar-refractivity contribution in [3.05, 3.63) is 42.2 Å². The quantitative estimate of drug-likeness (QED) is 0.857. The molecule has 4 nitrogen and oxygen atoms in total. The fraction of sp³-hybridized carbons (Fsp3) is 0.412. The number of carbonyl (C=O) groups excluding carboxylic acids is 2. The molecule has 22 heavy (non-hydrogen) atoms. The number of hydrogen-bond acceptors (Lipinski definition) is 3. The predicted octanol–water partition coefficient (Wildman–Crippen LogP) is 1.34. The minimum atomic E-state index is -1.18. The standard InChI is InChI=1S/C17H16FNO3/c18-11-3-1-2-4-12(11)19-15(20)13-9-5-6-10(14(13)16(21)22)17(9)7-8-17/h1-6,9-10,13-14H,7-8H2,(H,19,20)(H,21,22)/p-1/t9-,10+,13-,14+/m1/s1. The number of hydrogen-bond donors (Lipinski definition) is 1. The van der Waals surface area contributed by atoms with Crippen molar-refractivity contribution in [1.82, 2.24) is 0 Å². The van der Waals surface area contributed by atoms with Crippen molar-refractivity contribution >= 4 is 17.6 Å². The molecule has 1 amide bonds. The van der Waals surface area contributed by atoms with Gasteiger partial charge in [-0.2, -0.15) is 0 Å². The molecule has 1 aromatic rings. The fourth-order valence-corrected chi connectivity index (χ4v) is 4.46. The summed E-state index contributed by atoms with van der Waals surface area (Å²) in [4.78, 5) is 24.1. The van der Waals surface area contributed by atoms with E-state index in [9.17, 15) is 19.1 Å². The SMILES string of the molecule is O=C([O-])[C@@H]1[C@H](C(=O)Nc2ccccc2F)[C@H]2C=C[C@@H]1C21CC1. The first-order valence-corrected chi connectivity index (χ1v) is 7.49. The Morgan fingerprint density at radius 2 is 1.77 bits per heavy atom. The number of nitrogens with one attached hydrogen (secondary N) is 1. The molecule has 3 aliphatic rings. The van der Waals surface area contributed by atoms with Crippen LogP contribution in [0.5, 0.6) is 0 Å². The maximum atomic E-state index is 13.7. The van der Waals surface area contributed by atoms with Crippen LogP contribution in [0.3, 0.4) is 0 Å². The number of carboxylic acid groups (broad SMARTS) is 1. The van der Waals surface area contributed by atoms with Crippen LogP contribution >= 0.6 is 0 Å². The van der Waals surface area contributed by atoms with Crippen LogP contribution in [-0.2, 0) is 9.59 Å². The third kappa shape index (κ3) is 1.68. The topological polar surface area (TPSA) is 69.2 Å². The molecule has 2 fully saturated rings. The molecule has 5 heteroatoms. The first-order valence-electron chi connectivity index (χ1n) is 7.49. The van der Waals surface area contributed by atoms with Crippen LogP contribution in [-0.4, -0.2) is 11.9 Å². The summed E-state index contributed by atoms with van der Waals surface area (Å²) >= 11 is 0. The van der Waals surface area contributed by atoms with Crippen LogP contribution in [0.2, 0.25) is 0 Å². The minimum absolute atomic E-state index is 0.0675. The Hall–Kier alpha value is -2.17. The maximum absolute atomic E-state index is 13.7. The number of carbonyl (C=O) groups is 2. The molecule has 3 aliphatic carbocycles. The van der Waals surface area contributed by atoms with Gasteiger partial charge in [0.15, 0.2) is 0 Å². The van der Waals surface area contributed by atoms with Gasteiger partial charge in [0.25, 0.3) is 0 Å². The van der Waals surface area contributed by atoms with Crippen LogP contribution in [0.15, 0.2) is 36.4 Å². The second-order valence-corrected chi connectivity index (χ2v) is 6.51. The smallest absolute Gasteiger partial charge is 0.228 e. The molecular weight excluding hydrogens is 285 g/mol. The van der Waals surface area contributed by atoms with E-state index in [1.165, 1.54) is 18.2 Å². The molecule has 0 radical (unpaired) electrons. The van der Waals surface area contributed by atoms with Crippen LogP contribution < -0.4 is 10.4 Å². The lowest BCUT2D eigenvalue weighted by molar-refractivity contribution is -0.313. The number of halogens is 1. The van der Waals surface area contributed by atoms with Crippen LogP contribution in [0.1, 0.15) is 12.8 Å². The van der Waals surface area contributed by atoms with E-state index in [4.69, 9.17) is 0 Å². The van der Waals surface area contributed by atoms with E-state index in [1.807, 2.05) is 12.2 Å². The number of carboxylic acids is 1. The highest BCUT2D eigenvalue weighted by Gasteiger charge is 2.68. The lowest BCUT2D eigenvalue weighted by Gasteiger charge is -2.27. The Morgan fingerprint density at radius 1 is 1.14 bits per heavy atom. The van der Waals surface area contributed by atoms with E-state index in [-0.39, 0.29) is 22.9 Å². The summed E-state index contributed by atoms with van der Waals surface area (Å²) in [5.41, 5.74) is 0.0170. The van der Waals surface area contributed by atoms with Gasteiger partial charge < -0.3 is 15.2 Å². The van der Waals surface area contributed by atoms with Crippen molar-refractivity contribution in [3.63, 3.8) is 0 Å². The van der Waals surface area contributed by atoms with Crippen molar-refractivity contribution in [2.24, 2.45) is 29.1 Å². The molecule has 2 bridgehead atoms. The zero-order valence-corrected chi connectivity index (χ0v) is 11.8. The minimum Gasteiger partial charge on any atom is -0.550 e. The van der Waals surface area contributed by atoms with Crippen LogP contribution in [0, 0.1) is 34.9 Å². The fourth-order valence-electron chi connectivity index (χ4n) is 4.46. The third-order valence-corrected chi connectivity index (χ3v) is 5.55. The lowest BCUT2D eigenvalue weighted by atomic mass is 9.82. The van der Waals surface area contributed by atoms with E-state index in [2.05, 4.69) is 5.32 Å². The van der Waals surface area contributed by atoms with Gasteiger partial charge in [-0.3, -0.25) is 4.79 Å². The second-order valence-electron chi connectivity index (χ2n) is 6.51. The molecule has 114 valence electrons. The van der Waals surface area contributed by atoms with Crippen LogP contribution in [0.4, 0.5) is 10.1 Å². The Balaban J connectivity index is 1.64. The van der Waals surface area contributed by atoms with E-state index >= 15 is 0 Å². The largest absolute Gasteiger partial charge is 0.550 e. The maximum Gasteiger partial charge on any atom is 0.228 e. The molecule has 0 aromatic heterocycles. The normalized spacial score (nSPS) is 33.1. The van der Waals surface area contributed by atoms with Gasteiger partial charge in [-0.1, -0.05) is 24.3 Å². The second kappa shape index (κ2) is 4.41. The average Bonchev–Trinajstić information content (AvgIpc) is 3.15. The zero-order chi connectivity index (χ0) is 15.5. The van der Waals surface area contributed by atoms with Crippen molar-refractivity contribution in [3.8, 4) is 0 Å². The number of benzene rings is 1. The molecule has 1 N–H and O–H groups in total. The summed E-state index contributed by atoms with van der Waals surface area (Å²) in [7, 11) is 0. The summed E-state index contributed by atoms with van der Waals surface area (Å²) in [5, 5.41) is 14.1. The summed E-state index contributed by atoms with van der Waals surface area (Å²) in [6, 6.07) is 5.89. The summed E-state index contributed by atoms with van der Waals surface area (Å²) < 4.78 is 13.7.